The van der Waals surface area contributed by atoms with Crippen molar-refractivity contribution in [2.45, 2.75) is 71.6 Å². The molecule has 0 saturated heterocycles. The molecule has 0 bridgehead atoms. The zero-order valence-electron chi connectivity index (χ0n) is 17.3. The van der Waals surface area contributed by atoms with Gasteiger partial charge in [0.15, 0.2) is 11.6 Å². The second-order valence-corrected chi connectivity index (χ2v) is 8.33. The fourth-order valence-corrected chi connectivity index (χ4v) is 4.71. The Labute approximate surface area is 168 Å². The van der Waals surface area contributed by atoms with E-state index in [1.54, 1.807) is 19.1 Å². The number of halogens is 2. The number of rotatable bonds is 8. The van der Waals surface area contributed by atoms with Crippen molar-refractivity contribution in [1.29, 1.82) is 0 Å². The smallest absolute Gasteiger partial charge is 0.200 e. The highest BCUT2D eigenvalue weighted by Gasteiger charge is 2.29. The van der Waals surface area contributed by atoms with Crippen molar-refractivity contribution in [3.05, 3.63) is 41.2 Å². The second-order valence-electron chi connectivity index (χ2n) is 8.33. The molecule has 1 aliphatic carbocycles. The molecule has 4 heteroatoms. The Morgan fingerprint density at radius 2 is 1.79 bits per heavy atom. The molecule has 1 aromatic rings. The molecule has 1 atom stereocenters. The lowest BCUT2D eigenvalue weighted by atomic mass is 9.73. The van der Waals surface area contributed by atoms with Crippen molar-refractivity contribution in [3.63, 3.8) is 0 Å². The van der Waals surface area contributed by atoms with Crippen molar-refractivity contribution in [3.8, 4) is 5.75 Å². The lowest BCUT2D eigenvalue weighted by Crippen LogP contribution is -2.27. The highest BCUT2D eigenvalue weighted by molar-refractivity contribution is 5.31. The van der Waals surface area contributed by atoms with Gasteiger partial charge in [0.05, 0.1) is 19.0 Å². The molecule has 1 aromatic carbocycles. The minimum atomic E-state index is -0.851. The van der Waals surface area contributed by atoms with Gasteiger partial charge in [-0.1, -0.05) is 25.8 Å². The predicted octanol–water partition coefficient (Wildman–Crippen LogP) is 6.82. The van der Waals surface area contributed by atoms with Crippen molar-refractivity contribution < 1.29 is 18.3 Å². The summed E-state index contributed by atoms with van der Waals surface area (Å²) >= 11 is 0. The quantitative estimate of drug-likeness (QED) is 0.483. The standard InChI is InChI=1S/C24H34F2O2/c1-3-5-21-14-12-20(16-28-21)18-9-6-17(7-10-18)8-11-19-13-15-22(27-4-2)24(26)23(19)25/h13-15,17-18,20H,3-12,16H2,1-2H3. The first-order valence-electron chi connectivity index (χ1n) is 11.0. The van der Waals surface area contributed by atoms with Crippen LogP contribution >= 0.6 is 0 Å². The average molecular weight is 393 g/mol. The van der Waals surface area contributed by atoms with E-state index in [9.17, 15) is 8.78 Å². The summed E-state index contributed by atoms with van der Waals surface area (Å²) in [6, 6.07) is 3.23. The summed E-state index contributed by atoms with van der Waals surface area (Å²) in [5, 5.41) is 0. The molecule has 0 spiro atoms. The normalized spacial score (nSPS) is 25.1. The summed E-state index contributed by atoms with van der Waals surface area (Å²) in [6.07, 6.45) is 12.0. The summed E-state index contributed by atoms with van der Waals surface area (Å²) in [6.45, 7) is 5.16. The van der Waals surface area contributed by atoms with E-state index in [-0.39, 0.29) is 5.75 Å². The summed E-state index contributed by atoms with van der Waals surface area (Å²) in [5.41, 5.74) is 0.470. The second kappa shape index (κ2) is 10.3. The van der Waals surface area contributed by atoms with Gasteiger partial charge in [-0.3, -0.25) is 0 Å². The lowest BCUT2D eigenvalue weighted by Gasteiger charge is -2.35. The maximum absolute atomic E-state index is 14.3. The molecular weight excluding hydrogens is 358 g/mol. The van der Waals surface area contributed by atoms with E-state index in [2.05, 4.69) is 13.0 Å². The molecular formula is C24H34F2O2. The van der Waals surface area contributed by atoms with E-state index in [0.717, 1.165) is 38.2 Å². The third-order valence-corrected chi connectivity index (χ3v) is 6.43. The minimum absolute atomic E-state index is 0.00935. The molecule has 3 rings (SSSR count). The SMILES string of the molecule is CCCC1=CCC(C2CCC(CCc3ccc(OCC)c(F)c3F)CC2)CO1. The number of hydrogen-bond acceptors (Lipinski definition) is 2. The van der Waals surface area contributed by atoms with E-state index >= 15 is 0 Å². The zero-order chi connectivity index (χ0) is 19.9. The fourth-order valence-electron chi connectivity index (χ4n) is 4.71. The fraction of sp³-hybridized carbons (Fsp3) is 0.667. The van der Waals surface area contributed by atoms with Crippen molar-refractivity contribution in [2.75, 3.05) is 13.2 Å². The molecule has 28 heavy (non-hydrogen) atoms. The maximum atomic E-state index is 14.3. The van der Waals surface area contributed by atoms with E-state index in [0.29, 0.717) is 30.4 Å². The topological polar surface area (TPSA) is 18.5 Å². The molecule has 2 aliphatic rings. The first-order chi connectivity index (χ1) is 13.6. The van der Waals surface area contributed by atoms with Gasteiger partial charge in [-0.2, -0.15) is 4.39 Å². The van der Waals surface area contributed by atoms with Crippen LogP contribution in [0.4, 0.5) is 8.78 Å². The first-order valence-corrected chi connectivity index (χ1v) is 11.0. The van der Waals surface area contributed by atoms with Crippen LogP contribution in [0.15, 0.2) is 24.0 Å². The third kappa shape index (κ3) is 5.27. The third-order valence-electron chi connectivity index (χ3n) is 6.43. The lowest BCUT2D eigenvalue weighted by molar-refractivity contribution is 0.0833. The van der Waals surface area contributed by atoms with Gasteiger partial charge in [-0.25, -0.2) is 4.39 Å². The number of hydrogen-bond donors (Lipinski definition) is 0. The van der Waals surface area contributed by atoms with Crippen LogP contribution in [0.3, 0.4) is 0 Å². The maximum Gasteiger partial charge on any atom is 0.200 e. The number of ether oxygens (including phenoxy) is 2. The van der Waals surface area contributed by atoms with E-state index in [4.69, 9.17) is 9.47 Å². The van der Waals surface area contributed by atoms with Crippen LogP contribution in [0.2, 0.25) is 0 Å². The van der Waals surface area contributed by atoms with Crippen molar-refractivity contribution >= 4 is 0 Å². The molecule has 0 radical (unpaired) electrons. The molecule has 156 valence electrons. The molecule has 1 heterocycles. The van der Waals surface area contributed by atoms with E-state index < -0.39 is 11.6 Å². The summed E-state index contributed by atoms with van der Waals surface area (Å²) < 4.78 is 39.4. The van der Waals surface area contributed by atoms with Gasteiger partial charge in [0, 0.05) is 6.42 Å². The Balaban J connectivity index is 1.45. The van der Waals surface area contributed by atoms with Gasteiger partial charge in [-0.15, -0.1) is 0 Å². The molecule has 1 unspecified atom stereocenters. The van der Waals surface area contributed by atoms with Crippen LogP contribution in [-0.4, -0.2) is 13.2 Å². The van der Waals surface area contributed by atoms with Gasteiger partial charge < -0.3 is 9.47 Å². The predicted molar refractivity (Wildman–Crippen MR) is 108 cm³/mol. The molecule has 1 saturated carbocycles. The van der Waals surface area contributed by atoms with Crippen LogP contribution in [0.1, 0.15) is 70.8 Å². The van der Waals surface area contributed by atoms with Gasteiger partial charge in [0.1, 0.15) is 0 Å². The van der Waals surface area contributed by atoms with Crippen LogP contribution in [0.5, 0.6) is 5.75 Å². The Bertz CT molecular complexity index is 663. The van der Waals surface area contributed by atoms with E-state index in [1.807, 2.05) is 0 Å². The van der Waals surface area contributed by atoms with Gasteiger partial charge in [0.25, 0.3) is 0 Å². The van der Waals surface area contributed by atoms with E-state index in [1.165, 1.54) is 31.4 Å². The monoisotopic (exact) mass is 392 g/mol. The molecule has 1 fully saturated rings. The van der Waals surface area contributed by atoms with Crippen molar-refractivity contribution in [2.24, 2.45) is 17.8 Å². The Hall–Kier alpha value is -1.58. The molecule has 2 nitrogen and oxygen atoms in total. The highest BCUT2D eigenvalue weighted by atomic mass is 19.2. The van der Waals surface area contributed by atoms with Crippen LogP contribution in [-0.2, 0) is 11.2 Å². The molecule has 0 amide bonds. The first kappa shape index (κ1) is 21.1. The van der Waals surface area contributed by atoms with Crippen LogP contribution in [0, 0.1) is 29.4 Å². The largest absolute Gasteiger partial charge is 0.498 e. The number of allylic oxidation sites excluding steroid dienone is 2. The summed E-state index contributed by atoms with van der Waals surface area (Å²) in [4.78, 5) is 0. The average Bonchev–Trinajstić information content (AvgIpc) is 2.72. The summed E-state index contributed by atoms with van der Waals surface area (Å²) in [7, 11) is 0. The zero-order valence-corrected chi connectivity index (χ0v) is 17.3. The molecule has 0 N–H and O–H groups in total. The number of aryl methyl sites for hydroxylation is 1. The van der Waals surface area contributed by atoms with Gasteiger partial charge in [-0.05, 0) is 80.9 Å². The Morgan fingerprint density at radius 1 is 1.00 bits per heavy atom. The molecule has 0 aromatic heterocycles. The van der Waals surface area contributed by atoms with Gasteiger partial charge in [0.2, 0.25) is 5.82 Å². The minimum Gasteiger partial charge on any atom is -0.498 e. The Kier molecular flexibility index (Phi) is 7.75. The van der Waals surface area contributed by atoms with Gasteiger partial charge >= 0.3 is 0 Å². The van der Waals surface area contributed by atoms with Crippen LogP contribution < -0.4 is 4.74 Å². The molecule has 1 aliphatic heterocycles. The van der Waals surface area contributed by atoms with Crippen molar-refractivity contribution in [1.82, 2.24) is 0 Å². The summed E-state index contributed by atoms with van der Waals surface area (Å²) in [5.74, 6) is 1.60. The van der Waals surface area contributed by atoms with Crippen LogP contribution in [0.25, 0.3) is 0 Å². The number of benzene rings is 1. The highest BCUT2D eigenvalue weighted by Crippen LogP contribution is 2.39. The Morgan fingerprint density at radius 3 is 2.43 bits per heavy atom.